The second-order valence-corrected chi connectivity index (χ2v) is 6.58. The molecule has 0 aliphatic heterocycles. The number of nitrogens with zero attached hydrogens (tertiary/aromatic N) is 2. The van der Waals surface area contributed by atoms with Gasteiger partial charge in [-0.2, -0.15) is 4.31 Å². The minimum atomic E-state index is -3.72. The number of sulfonamides is 1. The first kappa shape index (κ1) is 16.4. The van der Waals surface area contributed by atoms with Gasteiger partial charge in [0.2, 0.25) is 10.0 Å². The summed E-state index contributed by atoms with van der Waals surface area (Å²) >= 11 is 0. The Balaban J connectivity index is 3.35. The van der Waals surface area contributed by atoms with Crippen molar-refractivity contribution in [2.24, 2.45) is 0 Å². The van der Waals surface area contributed by atoms with Gasteiger partial charge in [-0.3, -0.25) is 10.1 Å². The summed E-state index contributed by atoms with van der Waals surface area (Å²) in [5, 5.41) is 13.9. The van der Waals surface area contributed by atoms with Crippen molar-refractivity contribution in [3.8, 4) is 0 Å². The van der Waals surface area contributed by atoms with Crippen LogP contribution in [0.1, 0.15) is 20.8 Å². The summed E-state index contributed by atoms with van der Waals surface area (Å²) in [5.74, 6) is 0. The number of nitro benzene ring substituents is 1. The van der Waals surface area contributed by atoms with E-state index in [9.17, 15) is 18.5 Å². The monoisotopic (exact) mass is 301 g/mol. The first-order chi connectivity index (χ1) is 9.21. The van der Waals surface area contributed by atoms with Gasteiger partial charge in [-0.25, -0.2) is 8.42 Å². The average Bonchev–Trinajstić information content (AvgIpc) is 2.37. The Morgan fingerprint density at radius 3 is 2.45 bits per heavy atom. The molecule has 0 aliphatic carbocycles. The second kappa shape index (κ2) is 6.19. The lowest BCUT2D eigenvalue weighted by Crippen LogP contribution is -2.33. The molecule has 1 rings (SSSR count). The zero-order valence-electron chi connectivity index (χ0n) is 12.0. The van der Waals surface area contributed by atoms with Crippen LogP contribution >= 0.6 is 0 Å². The highest BCUT2D eigenvalue weighted by Crippen LogP contribution is 2.28. The predicted molar refractivity (Wildman–Crippen MR) is 77.3 cm³/mol. The van der Waals surface area contributed by atoms with E-state index in [1.54, 1.807) is 20.8 Å². The minimum Gasteiger partial charge on any atom is -0.380 e. The van der Waals surface area contributed by atoms with Crippen LogP contribution in [0.3, 0.4) is 0 Å². The SMILES string of the molecule is CCNc1ccc(S(=O)(=O)N(C)C(C)C)cc1[N+](=O)[O-]. The molecule has 8 heteroatoms. The first-order valence-corrected chi connectivity index (χ1v) is 7.66. The van der Waals surface area contributed by atoms with E-state index in [1.165, 1.54) is 23.5 Å². The summed E-state index contributed by atoms with van der Waals surface area (Å²) in [6.07, 6.45) is 0. The van der Waals surface area contributed by atoms with Gasteiger partial charge in [-0.1, -0.05) is 0 Å². The molecule has 0 unspecified atom stereocenters. The Labute approximate surface area is 118 Å². The quantitative estimate of drug-likeness (QED) is 0.641. The van der Waals surface area contributed by atoms with Gasteiger partial charge in [0.05, 0.1) is 9.82 Å². The van der Waals surface area contributed by atoms with Crippen molar-refractivity contribution in [2.75, 3.05) is 18.9 Å². The lowest BCUT2D eigenvalue weighted by atomic mass is 10.2. The minimum absolute atomic E-state index is 0.0814. The fraction of sp³-hybridized carbons (Fsp3) is 0.500. The van der Waals surface area contributed by atoms with Crippen molar-refractivity contribution in [1.82, 2.24) is 4.31 Å². The fourth-order valence-corrected chi connectivity index (χ4v) is 2.99. The van der Waals surface area contributed by atoms with E-state index in [1.807, 2.05) is 0 Å². The van der Waals surface area contributed by atoms with E-state index in [0.717, 1.165) is 6.07 Å². The van der Waals surface area contributed by atoms with Crippen LogP contribution in [0.15, 0.2) is 23.1 Å². The smallest absolute Gasteiger partial charge is 0.293 e. The molecule has 0 spiro atoms. The van der Waals surface area contributed by atoms with E-state index < -0.39 is 14.9 Å². The van der Waals surface area contributed by atoms with Crippen LogP contribution < -0.4 is 5.32 Å². The summed E-state index contributed by atoms with van der Waals surface area (Å²) in [7, 11) is -2.28. The average molecular weight is 301 g/mol. The van der Waals surface area contributed by atoms with Crippen LogP contribution in [0.5, 0.6) is 0 Å². The van der Waals surface area contributed by atoms with Crippen LogP contribution in [0.4, 0.5) is 11.4 Å². The summed E-state index contributed by atoms with van der Waals surface area (Å²) in [4.78, 5) is 10.4. The topological polar surface area (TPSA) is 92.6 Å². The first-order valence-electron chi connectivity index (χ1n) is 6.22. The van der Waals surface area contributed by atoms with Gasteiger partial charge < -0.3 is 5.32 Å². The van der Waals surface area contributed by atoms with Crippen molar-refractivity contribution in [3.05, 3.63) is 28.3 Å². The van der Waals surface area contributed by atoms with Crippen molar-refractivity contribution < 1.29 is 13.3 Å². The molecule has 1 N–H and O–H groups in total. The Morgan fingerprint density at radius 2 is 2.00 bits per heavy atom. The van der Waals surface area contributed by atoms with E-state index in [-0.39, 0.29) is 16.6 Å². The molecule has 0 amide bonds. The zero-order chi connectivity index (χ0) is 15.5. The Hall–Kier alpha value is -1.67. The molecule has 0 saturated heterocycles. The number of rotatable bonds is 6. The van der Waals surface area contributed by atoms with E-state index in [4.69, 9.17) is 0 Å². The molecule has 20 heavy (non-hydrogen) atoms. The molecule has 0 fully saturated rings. The van der Waals surface area contributed by atoms with E-state index in [0.29, 0.717) is 12.2 Å². The van der Waals surface area contributed by atoms with Gasteiger partial charge in [-0.15, -0.1) is 0 Å². The molecule has 7 nitrogen and oxygen atoms in total. The Morgan fingerprint density at radius 1 is 1.40 bits per heavy atom. The molecule has 1 aromatic carbocycles. The normalized spacial score (nSPS) is 11.9. The van der Waals surface area contributed by atoms with Crippen LogP contribution in [-0.2, 0) is 10.0 Å². The molecular formula is C12H19N3O4S. The number of nitro groups is 1. The van der Waals surface area contributed by atoms with Gasteiger partial charge >= 0.3 is 0 Å². The van der Waals surface area contributed by atoms with Gasteiger partial charge in [-0.05, 0) is 32.9 Å². The summed E-state index contributed by atoms with van der Waals surface area (Å²) in [6.45, 7) is 5.79. The van der Waals surface area contributed by atoms with Crippen molar-refractivity contribution >= 4 is 21.4 Å². The van der Waals surface area contributed by atoms with Crippen LogP contribution in [0.2, 0.25) is 0 Å². The molecule has 0 aliphatic rings. The molecule has 0 aromatic heterocycles. The van der Waals surface area contributed by atoms with E-state index in [2.05, 4.69) is 5.32 Å². The molecule has 0 atom stereocenters. The third-order valence-electron chi connectivity index (χ3n) is 2.94. The maximum atomic E-state index is 12.3. The highest BCUT2D eigenvalue weighted by Gasteiger charge is 2.26. The summed E-state index contributed by atoms with van der Waals surface area (Å²) < 4.78 is 25.8. The molecule has 0 heterocycles. The highest BCUT2D eigenvalue weighted by molar-refractivity contribution is 7.89. The third kappa shape index (κ3) is 3.26. The molecular weight excluding hydrogens is 282 g/mol. The van der Waals surface area contributed by atoms with Gasteiger partial charge in [0.1, 0.15) is 5.69 Å². The number of nitrogens with one attached hydrogen (secondary N) is 1. The highest BCUT2D eigenvalue weighted by atomic mass is 32.2. The van der Waals surface area contributed by atoms with Crippen LogP contribution in [-0.4, -0.2) is 37.3 Å². The molecule has 0 radical (unpaired) electrons. The van der Waals surface area contributed by atoms with Gasteiger partial charge in [0, 0.05) is 25.7 Å². The lowest BCUT2D eigenvalue weighted by Gasteiger charge is -2.21. The van der Waals surface area contributed by atoms with Crippen molar-refractivity contribution in [3.63, 3.8) is 0 Å². The number of benzene rings is 1. The number of hydrogen-bond acceptors (Lipinski definition) is 5. The number of hydrogen-bond donors (Lipinski definition) is 1. The van der Waals surface area contributed by atoms with Gasteiger partial charge in [0.15, 0.2) is 0 Å². The van der Waals surface area contributed by atoms with Gasteiger partial charge in [0.25, 0.3) is 5.69 Å². The molecule has 1 aromatic rings. The maximum Gasteiger partial charge on any atom is 0.293 e. The standard InChI is InChI=1S/C12H19N3O4S/c1-5-13-11-7-6-10(8-12(11)15(16)17)20(18,19)14(4)9(2)3/h6-9,13H,5H2,1-4H3. The number of anilines is 1. The Kier molecular flexibility index (Phi) is 5.07. The molecule has 112 valence electrons. The lowest BCUT2D eigenvalue weighted by molar-refractivity contribution is -0.384. The second-order valence-electron chi connectivity index (χ2n) is 4.58. The van der Waals surface area contributed by atoms with E-state index >= 15 is 0 Å². The summed E-state index contributed by atoms with van der Waals surface area (Å²) in [6, 6.07) is 3.65. The summed E-state index contributed by atoms with van der Waals surface area (Å²) in [5.41, 5.74) is 0.0636. The van der Waals surface area contributed by atoms with Crippen molar-refractivity contribution in [1.29, 1.82) is 0 Å². The van der Waals surface area contributed by atoms with Crippen molar-refractivity contribution in [2.45, 2.75) is 31.7 Å². The zero-order valence-corrected chi connectivity index (χ0v) is 12.8. The van der Waals surface area contributed by atoms with Crippen LogP contribution in [0, 0.1) is 10.1 Å². The molecule has 0 bridgehead atoms. The largest absolute Gasteiger partial charge is 0.380 e. The Bertz CT molecular complexity index is 599. The predicted octanol–water partition coefficient (Wildman–Crippen LogP) is 2.06. The molecule has 0 saturated carbocycles. The third-order valence-corrected chi connectivity index (χ3v) is 4.97. The fourth-order valence-electron chi connectivity index (χ4n) is 1.61. The van der Waals surface area contributed by atoms with Crippen LogP contribution in [0.25, 0.3) is 0 Å². The maximum absolute atomic E-state index is 12.3.